The van der Waals surface area contributed by atoms with Gasteiger partial charge < -0.3 is 26.0 Å². The average Bonchev–Trinajstić information content (AvgIpc) is 2.89. The molecule has 0 saturated heterocycles. The van der Waals surface area contributed by atoms with Crippen molar-refractivity contribution in [3.05, 3.63) is 77.1 Å². The van der Waals surface area contributed by atoms with E-state index in [9.17, 15) is 35.9 Å². The van der Waals surface area contributed by atoms with Gasteiger partial charge in [0.25, 0.3) is 0 Å². The number of carbonyl (C=O) groups excluding carboxylic acids is 2. The molecule has 0 spiro atoms. The summed E-state index contributed by atoms with van der Waals surface area (Å²) in [7, 11) is 0. The first-order chi connectivity index (χ1) is 19.1. The van der Waals surface area contributed by atoms with Gasteiger partial charge in [0, 0.05) is 23.7 Å². The van der Waals surface area contributed by atoms with Crippen molar-refractivity contribution in [2.24, 2.45) is 5.73 Å². The maximum atomic E-state index is 12.5. The summed E-state index contributed by atoms with van der Waals surface area (Å²) in [5, 5.41) is 17.6. The number of carboxylic acid groups (broad SMARTS) is 2. The maximum Gasteiger partial charge on any atom is 0.490 e. The van der Waals surface area contributed by atoms with Crippen LogP contribution in [0, 0.1) is 0 Å². The van der Waals surface area contributed by atoms with E-state index < -0.39 is 24.3 Å². The molecule has 0 unspecified atom stereocenters. The topological polar surface area (TPSA) is 156 Å². The van der Waals surface area contributed by atoms with Crippen molar-refractivity contribution in [1.29, 1.82) is 0 Å². The van der Waals surface area contributed by atoms with Crippen LogP contribution in [0.25, 0.3) is 0 Å². The lowest BCUT2D eigenvalue weighted by Gasteiger charge is -2.15. The zero-order chi connectivity index (χ0) is 31.2. The number of unbranched alkanes of at least 4 members (excludes halogenated alkanes) is 2. The second-order valence-electron chi connectivity index (χ2n) is 8.13. The summed E-state index contributed by atoms with van der Waals surface area (Å²) in [5.74, 6) is -5.40. The first-order valence-corrected chi connectivity index (χ1v) is 11.8. The first kappa shape index (κ1) is 34.8. The van der Waals surface area contributed by atoms with Crippen LogP contribution in [0.5, 0.6) is 5.75 Å². The number of nitrogens with two attached hydrogens (primary N) is 1. The van der Waals surface area contributed by atoms with Gasteiger partial charge in [-0.3, -0.25) is 9.59 Å². The highest BCUT2D eigenvalue weighted by molar-refractivity contribution is 6.23. The van der Waals surface area contributed by atoms with Crippen LogP contribution in [0.2, 0.25) is 0 Å². The third-order valence-corrected chi connectivity index (χ3v) is 4.95. The first-order valence-electron chi connectivity index (χ1n) is 11.8. The lowest BCUT2D eigenvalue weighted by atomic mass is 9.94. The van der Waals surface area contributed by atoms with Crippen molar-refractivity contribution < 1.29 is 60.5 Å². The number of ether oxygens (including phenoxy) is 1. The molecule has 224 valence electrons. The standard InChI is InChI=1S/C22H24N2O3.2C2HF3O2/c23-12-4-1-5-13-24-15-16-8-10-17(11-9-16)27-21-14-20(25)18-6-2-3-7-19(18)22(21)26;2*3-2(4,5)1(6)7/h2-3,6-11,14,24H,1,4-5,12-13,15,23H2;2*(H,6,7). The number of rotatable bonds is 9. The van der Waals surface area contributed by atoms with Gasteiger partial charge in [0.15, 0.2) is 11.5 Å². The minimum Gasteiger partial charge on any atom is -0.475 e. The number of carbonyl (C=O) groups is 4. The molecule has 0 amide bonds. The van der Waals surface area contributed by atoms with Crippen LogP contribution in [0.3, 0.4) is 0 Å². The molecule has 0 aliphatic heterocycles. The van der Waals surface area contributed by atoms with Gasteiger partial charge in [0.1, 0.15) is 5.75 Å². The van der Waals surface area contributed by atoms with Crippen LogP contribution in [-0.4, -0.2) is 59.2 Å². The lowest BCUT2D eigenvalue weighted by Crippen LogP contribution is -2.21. The number of hydrogen-bond donors (Lipinski definition) is 4. The lowest BCUT2D eigenvalue weighted by molar-refractivity contribution is -0.193. The monoisotopic (exact) mass is 592 g/mol. The number of nitrogens with one attached hydrogen (secondary N) is 1. The van der Waals surface area contributed by atoms with Gasteiger partial charge in [0.05, 0.1) is 0 Å². The largest absolute Gasteiger partial charge is 0.490 e. The summed E-state index contributed by atoms with van der Waals surface area (Å²) in [5.41, 5.74) is 7.41. The summed E-state index contributed by atoms with van der Waals surface area (Å²) in [6.07, 6.45) is -5.58. The van der Waals surface area contributed by atoms with Crippen LogP contribution in [-0.2, 0) is 16.1 Å². The number of hydrogen-bond acceptors (Lipinski definition) is 7. The molecule has 0 radical (unpaired) electrons. The van der Waals surface area contributed by atoms with Gasteiger partial charge in [0.2, 0.25) is 5.78 Å². The minimum atomic E-state index is -5.08. The third kappa shape index (κ3) is 12.7. The molecule has 15 heteroatoms. The highest BCUT2D eigenvalue weighted by atomic mass is 19.4. The summed E-state index contributed by atoms with van der Waals surface area (Å²) >= 11 is 0. The number of Topliss-reactive ketones (excluding diaryl/α,β-unsaturated/α-hetero) is 1. The summed E-state index contributed by atoms with van der Waals surface area (Å²) < 4.78 is 69.2. The predicted molar refractivity (Wildman–Crippen MR) is 132 cm³/mol. The molecule has 0 bridgehead atoms. The highest BCUT2D eigenvalue weighted by Gasteiger charge is 2.38. The van der Waals surface area contributed by atoms with Gasteiger partial charge in [-0.25, -0.2) is 9.59 Å². The highest BCUT2D eigenvalue weighted by Crippen LogP contribution is 2.24. The van der Waals surface area contributed by atoms with Gasteiger partial charge in [-0.05, 0) is 43.6 Å². The Labute approximate surface area is 229 Å². The minimum absolute atomic E-state index is 0.0597. The van der Waals surface area contributed by atoms with Crippen molar-refractivity contribution in [3.8, 4) is 5.75 Å². The van der Waals surface area contributed by atoms with E-state index >= 15 is 0 Å². The van der Waals surface area contributed by atoms with Crippen LogP contribution in [0.1, 0.15) is 45.5 Å². The van der Waals surface area contributed by atoms with E-state index in [1.807, 2.05) is 24.3 Å². The second kappa shape index (κ2) is 16.1. The van der Waals surface area contributed by atoms with Gasteiger partial charge in [-0.1, -0.05) is 42.8 Å². The number of halogens is 6. The summed E-state index contributed by atoms with van der Waals surface area (Å²) in [6, 6.07) is 14.3. The van der Waals surface area contributed by atoms with Crippen molar-refractivity contribution in [2.45, 2.75) is 38.2 Å². The molecule has 0 saturated carbocycles. The number of allylic oxidation sites excluding steroid dienone is 2. The molecule has 2 aromatic rings. The number of alkyl halides is 6. The zero-order valence-corrected chi connectivity index (χ0v) is 21.2. The molecule has 1 aliphatic rings. The normalized spacial score (nSPS) is 12.6. The molecule has 1 aliphatic carbocycles. The molecule has 5 N–H and O–H groups in total. The van der Waals surface area contributed by atoms with E-state index in [0.717, 1.165) is 44.5 Å². The van der Waals surface area contributed by atoms with Crippen LogP contribution < -0.4 is 15.8 Å². The Morgan fingerprint density at radius 1 is 0.805 bits per heavy atom. The Bertz CT molecular complexity index is 1200. The molecule has 0 atom stereocenters. The van der Waals surface area contributed by atoms with Gasteiger partial charge in [-0.15, -0.1) is 0 Å². The van der Waals surface area contributed by atoms with E-state index in [2.05, 4.69) is 5.32 Å². The quantitative estimate of drug-likeness (QED) is 0.243. The molecule has 41 heavy (non-hydrogen) atoms. The van der Waals surface area contributed by atoms with E-state index in [1.165, 1.54) is 6.08 Å². The zero-order valence-electron chi connectivity index (χ0n) is 21.2. The van der Waals surface area contributed by atoms with Crippen molar-refractivity contribution >= 4 is 23.5 Å². The van der Waals surface area contributed by atoms with E-state index in [4.69, 9.17) is 30.3 Å². The van der Waals surface area contributed by atoms with Crippen molar-refractivity contribution in [2.75, 3.05) is 13.1 Å². The Hall–Kier alpha value is -4.24. The van der Waals surface area contributed by atoms with E-state index in [0.29, 0.717) is 16.9 Å². The summed E-state index contributed by atoms with van der Waals surface area (Å²) in [4.78, 5) is 42.5. The number of ketones is 2. The fraction of sp³-hybridized carbons (Fsp3) is 0.308. The molecule has 0 fully saturated rings. The van der Waals surface area contributed by atoms with Gasteiger partial charge >= 0.3 is 24.3 Å². The summed E-state index contributed by atoms with van der Waals surface area (Å²) in [6.45, 7) is 2.48. The SMILES string of the molecule is NCCCCCNCc1ccc(OC2=CC(=O)c3ccccc3C2=O)cc1.O=C(O)C(F)(F)F.O=C(O)C(F)(F)F. The number of carboxylic acids is 2. The number of aliphatic carboxylic acids is 2. The second-order valence-corrected chi connectivity index (χ2v) is 8.13. The van der Waals surface area contributed by atoms with Crippen LogP contribution >= 0.6 is 0 Å². The van der Waals surface area contributed by atoms with Gasteiger partial charge in [-0.2, -0.15) is 26.3 Å². The number of fused-ring (bicyclic) bond motifs is 1. The predicted octanol–water partition coefficient (Wildman–Crippen LogP) is 4.51. The van der Waals surface area contributed by atoms with E-state index in [1.54, 1.807) is 24.3 Å². The van der Waals surface area contributed by atoms with Crippen molar-refractivity contribution in [1.82, 2.24) is 5.32 Å². The third-order valence-electron chi connectivity index (χ3n) is 4.95. The average molecular weight is 592 g/mol. The molecule has 0 heterocycles. The Morgan fingerprint density at radius 3 is 1.80 bits per heavy atom. The Kier molecular flexibility index (Phi) is 13.7. The fourth-order valence-corrected chi connectivity index (χ4v) is 2.97. The molecular weight excluding hydrogens is 566 g/mol. The van der Waals surface area contributed by atoms with Crippen molar-refractivity contribution in [3.63, 3.8) is 0 Å². The fourth-order valence-electron chi connectivity index (χ4n) is 2.97. The Balaban J connectivity index is 0.000000497. The molecule has 9 nitrogen and oxygen atoms in total. The van der Waals surface area contributed by atoms with Crippen LogP contribution in [0.15, 0.2) is 60.4 Å². The smallest absolute Gasteiger partial charge is 0.475 e. The van der Waals surface area contributed by atoms with E-state index in [-0.39, 0.29) is 17.3 Å². The number of benzene rings is 2. The molecule has 3 rings (SSSR count). The molecule has 2 aromatic carbocycles. The maximum absolute atomic E-state index is 12.5. The Morgan fingerprint density at radius 2 is 1.32 bits per heavy atom. The van der Waals surface area contributed by atoms with Crippen LogP contribution in [0.4, 0.5) is 26.3 Å². The molecular formula is C26H26F6N2O7. The molecule has 0 aromatic heterocycles.